The van der Waals surface area contributed by atoms with Gasteiger partial charge < -0.3 is 5.32 Å². The molecule has 0 aliphatic rings. The lowest BCUT2D eigenvalue weighted by molar-refractivity contribution is 0.676. The lowest BCUT2D eigenvalue weighted by Gasteiger charge is -2.12. The number of aryl methyl sites for hydroxylation is 1. The summed E-state index contributed by atoms with van der Waals surface area (Å²) in [4.78, 5) is 0. The van der Waals surface area contributed by atoms with E-state index in [0.717, 1.165) is 24.5 Å². The van der Waals surface area contributed by atoms with Crippen LogP contribution in [0, 0.1) is 13.8 Å². The molecule has 1 N–H and O–H groups in total. The van der Waals surface area contributed by atoms with Gasteiger partial charge in [0.25, 0.3) is 0 Å². The quantitative estimate of drug-likeness (QED) is 0.752. The Morgan fingerprint density at radius 3 is 2.65 bits per heavy atom. The lowest BCUT2D eigenvalue weighted by Crippen LogP contribution is -2.14. The van der Waals surface area contributed by atoms with E-state index in [2.05, 4.69) is 56.4 Å². The number of hydrogen-bond donors (Lipinski definition) is 1. The van der Waals surface area contributed by atoms with Crippen molar-refractivity contribution in [1.29, 1.82) is 0 Å². The molecule has 2 heteroatoms. The molecule has 0 aliphatic heterocycles. The Bertz CT molecular complexity index is 590. The summed E-state index contributed by atoms with van der Waals surface area (Å²) in [6.07, 6.45) is 1.13. The van der Waals surface area contributed by atoms with Crippen molar-refractivity contribution in [2.24, 2.45) is 0 Å². The Labute approximate surface area is 127 Å². The Kier molecular flexibility index (Phi) is 5.22. The largest absolute Gasteiger partial charge is 0.313 e. The first-order valence-electron chi connectivity index (χ1n) is 7.19. The van der Waals surface area contributed by atoms with Gasteiger partial charge in [0.15, 0.2) is 0 Å². The summed E-state index contributed by atoms with van der Waals surface area (Å²) in [7, 11) is 0. The molecular weight excluding hydrogens is 266 g/mol. The van der Waals surface area contributed by atoms with Crippen molar-refractivity contribution < 1.29 is 0 Å². The van der Waals surface area contributed by atoms with Crippen molar-refractivity contribution in [3.8, 4) is 11.1 Å². The van der Waals surface area contributed by atoms with E-state index in [1.807, 2.05) is 6.07 Å². The van der Waals surface area contributed by atoms with E-state index in [-0.39, 0.29) is 0 Å². The molecule has 0 saturated carbocycles. The smallest absolute Gasteiger partial charge is 0.0451 e. The number of hydrogen-bond acceptors (Lipinski definition) is 1. The molecule has 2 rings (SSSR count). The van der Waals surface area contributed by atoms with Crippen molar-refractivity contribution >= 4 is 11.6 Å². The third-order valence-electron chi connectivity index (χ3n) is 3.70. The predicted octanol–water partition coefficient (Wildman–Crippen LogP) is 5.12. The molecule has 2 aromatic carbocycles. The van der Waals surface area contributed by atoms with Crippen LogP contribution in [-0.2, 0) is 6.54 Å². The highest BCUT2D eigenvalue weighted by molar-refractivity contribution is 6.31. The minimum atomic E-state index is 0.825. The Balaban J connectivity index is 2.33. The minimum absolute atomic E-state index is 0.825. The fourth-order valence-electron chi connectivity index (χ4n) is 2.34. The minimum Gasteiger partial charge on any atom is -0.313 e. The van der Waals surface area contributed by atoms with Crippen LogP contribution in [0.3, 0.4) is 0 Å². The van der Waals surface area contributed by atoms with Crippen molar-refractivity contribution in [2.45, 2.75) is 33.7 Å². The molecule has 0 aliphatic carbocycles. The second-order valence-corrected chi connectivity index (χ2v) is 5.64. The van der Waals surface area contributed by atoms with Gasteiger partial charge in [0, 0.05) is 11.6 Å². The summed E-state index contributed by atoms with van der Waals surface area (Å²) in [6.45, 7) is 8.34. The van der Waals surface area contributed by atoms with Gasteiger partial charge in [-0.2, -0.15) is 0 Å². The van der Waals surface area contributed by atoms with Crippen molar-refractivity contribution in [2.75, 3.05) is 6.54 Å². The average Bonchev–Trinajstić information content (AvgIpc) is 2.44. The highest BCUT2D eigenvalue weighted by Gasteiger charge is 2.07. The SMILES string of the molecule is CCCNCc1cc(-c2cccc(C)c2C)ccc1Cl. The van der Waals surface area contributed by atoms with E-state index in [1.165, 1.54) is 27.8 Å². The number of benzene rings is 2. The normalized spacial score (nSPS) is 10.8. The molecule has 2 aromatic rings. The second-order valence-electron chi connectivity index (χ2n) is 5.23. The summed E-state index contributed by atoms with van der Waals surface area (Å²) in [5.74, 6) is 0. The van der Waals surface area contributed by atoms with Gasteiger partial charge in [-0.3, -0.25) is 0 Å². The molecule has 0 saturated heterocycles. The Morgan fingerprint density at radius 2 is 1.90 bits per heavy atom. The molecule has 1 nitrogen and oxygen atoms in total. The number of rotatable bonds is 5. The van der Waals surface area contributed by atoms with Crippen LogP contribution >= 0.6 is 11.6 Å². The zero-order chi connectivity index (χ0) is 14.5. The number of nitrogens with one attached hydrogen (secondary N) is 1. The molecule has 106 valence electrons. The molecule has 0 fully saturated rings. The van der Waals surface area contributed by atoms with Crippen LogP contribution in [0.1, 0.15) is 30.0 Å². The van der Waals surface area contributed by atoms with Crippen LogP contribution in [-0.4, -0.2) is 6.54 Å². The van der Waals surface area contributed by atoms with Crippen LogP contribution in [0.2, 0.25) is 5.02 Å². The molecule has 0 spiro atoms. The van der Waals surface area contributed by atoms with Crippen molar-refractivity contribution in [3.05, 3.63) is 58.1 Å². The summed E-state index contributed by atoms with van der Waals surface area (Å²) in [6, 6.07) is 12.7. The molecule has 0 bridgehead atoms. The van der Waals surface area contributed by atoms with Gasteiger partial charge in [-0.25, -0.2) is 0 Å². The van der Waals surface area contributed by atoms with Gasteiger partial charge >= 0.3 is 0 Å². The molecule has 0 radical (unpaired) electrons. The summed E-state index contributed by atoms with van der Waals surface area (Å²) in [5, 5.41) is 4.25. The van der Waals surface area contributed by atoms with Gasteiger partial charge in [0.2, 0.25) is 0 Å². The van der Waals surface area contributed by atoms with Crippen molar-refractivity contribution in [3.63, 3.8) is 0 Å². The third kappa shape index (κ3) is 3.41. The van der Waals surface area contributed by atoms with Crippen LogP contribution < -0.4 is 5.32 Å². The van der Waals surface area contributed by atoms with Crippen LogP contribution in [0.4, 0.5) is 0 Å². The third-order valence-corrected chi connectivity index (χ3v) is 4.07. The zero-order valence-corrected chi connectivity index (χ0v) is 13.2. The standard InChI is InChI=1S/C18H22ClN/c1-4-10-20-12-16-11-15(8-9-18(16)19)17-7-5-6-13(2)14(17)3/h5-9,11,20H,4,10,12H2,1-3H3. The van der Waals surface area contributed by atoms with E-state index >= 15 is 0 Å². The summed E-state index contributed by atoms with van der Waals surface area (Å²) < 4.78 is 0. The molecule has 0 heterocycles. The maximum Gasteiger partial charge on any atom is 0.0451 e. The molecule has 0 aromatic heterocycles. The van der Waals surface area contributed by atoms with Gasteiger partial charge in [-0.05, 0) is 66.8 Å². The number of halogens is 1. The fraction of sp³-hybridized carbons (Fsp3) is 0.333. The monoisotopic (exact) mass is 287 g/mol. The van der Waals surface area contributed by atoms with Crippen LogP contribution in [0.15, 0.2) is 36.4 Å². The first-order valence-corrected chi connectivity index (χ1v) is 7.57. The van der Waals surface area contributed by atoms with Gasteiger partial charge in [0.05, 0.1) is 0 Å². The first-order chi connectivity index (χ1) is 9.63. The maximum atomic E-state index is 6.29. The van der Waals surface area contributed by atoms with Crippen LogP contribution in [0.25, 0.3) is 11.1 Å². The van der Waals surface area contributed by atoms with E-state index in [0.29, 0.717) is 0 Å². The summed E-state index contributed by atoms with van der Waals surface area (Å²) in [5.41, 5.74) is 6.35. The van der Waals surface area contributed by atoms with Crippen molar-refractivity contribution in [1.82, 2.24) is 5.32 Å². The average molecular weight is 288 g/mol. The van der Waals surface area contributed by atoms with Gasteiger partial charge in [-0.15, -0.1) is 0 Å². The predicted molar refractivity (Wildman–Crippen MR) is 88.4 cm³/mol. The van der Waals surface area contributed by atoms with E-state index in [9.17, 15) is 0 Å². The highest BCUT2D eigenvalue weighted by atomic mass is 35.5. The molecule has 0 unspecified atom stereocenters. The lowest BCUT2D eigenvalue weighted by atomic mass is 9.96. The zero-order valence-electron chi connectivity index (χ0n) is 12.5. The van der Waals surface area contributed by atoms with Gasteiger partial charge in [0.1, 0.15) is 0 Å². The van der Waals surface area contributed by atoms with Gasteiger partial charge in [-0.1, -0.05) is 42.8 Å². The Morgan fingerprint density at radius 1 is 1.10 bits per heavy atom. The second kappa shape index (κ2) is 6.92. The van der Waals surface area contributed by atoms with E-state index in [4.69, 9.17) is 11.6 Å². The topological polar surface area (TPSA) is 12.0 Å². The molecular formula is C18H22ClN. The highest BCUT2D eigenvalue weighted by Crippen LogP contribution is 2.28. The van der Waals surface area contributed by atoms with E-state index < -0.39 is 0 Å². The molecule has 0 amide bonds. The Hall–Kier alpha value is -1.31. The molecule has 20 heavy (non-hydrogen) atoms. The first kappa shape index (κ1) is 15.1. The summed E-state index contributed by atoms with van der Waals surface area (Å²) >= 11 is 6.29. The van der Waals surface area contributed by atoms with E-state index in [1.54, 1.807) is 0 Å². The molecule has 0 atom stereocenters. The fourth-order valence-corrected chi connectivity index (χ4v) is 2.53. The van der Waals surface area contributed by atoms with Crippen LogP contribution in [0.5, 0.6) is 0 Å². The maximum absolute atomic E-state index is 6.29.